The van der Waals surface area contributed by atoms with E-state index in [1.165, 1.54) is 6.26 Å². The van der Waals surface area contributed by atoms with Crippen LogP contribution in [0, 0.1) is 0 Å². The van der Waals surface area contributed by atoms with Crippen molar-refractivity contribution in [3.8, 4) is 0 Å². The molecule has 5 heterocycles. The monoisotopic (exact) mass is 381 g/mol. The average molecular weight is 381 g/mol. The molecule has 0 radical (unpaired) electrons. The minimum Gasteiger partial charge on any atom is -0.502 e. The van der Waals surface area contributed by atoms with Crippen LogP contribution in [0.3, 0.4) is 0 Å². The molecule has 5 nitrogen and oxygen atoms in total. The van der Waals surface area contributed by atoms with Crippen LogP contribution in [0.25, 0.3) is 0 Å². The van der Waals surface area contributed by atoms with Gasteiger partial charge in [0.15, 0.2) is 0 Å². The molecule has 0 fully saturated rings. The van der Waals surface area contributed by atoms with Crippen LogP contribution < -0.4 is 0 Å². The number of aliphatic imine (C=N–C) groups is 4. The van der Waals surface area contributed by atoms with Crippen molar-refractivity contribution in [1.82, 2.24) is 0 Å². The van der Waals surface area contributed by atoms with E-state index >= 15 is 0 Å². The Morgan fingerprint density at radius 2 is 1.14 bits per heavy atom. The highest BCUT2D eigenvalue weighted by atomic mass is 16.5. The van der Waals surface area contributed by atoms with E-state index in [1.54, 1.807) is 6.08 Å². The van der Waals surface area contributed by atoms with Crippen LogP contribution >= 0.6 is 0 Å². The van der Waals surface area contributed by atoms with Crippen LogP contribution in [0.2, 0.25) is 0 Å². The largest absolute Gasteiger partial charge is 0.502 e. The lowest BCUT2D eigenvalue weighted by atomic mass is 10.2. The van der Waals surface area contributed by atoms with Crippen molar-refractivity contribution in [3.05, 3.63) is 109 Å². The van der Waals surface area contributed by atoms with E-state index in [0.29, 0.717) is 11.7 Å². The summed E-state index contributed by atoms with van der Waals surface area (Å²) in [5, 5.41) is 0. The molecule has 29 heavy (non-hydrogen) atoms. The first-order chi connectivity index (χ1) is 14.6. The van der Waals surface area contributed by atoms with E-state index in [4.69, 9.17) is 1.37 Å². The van der Waals surface area contributed by atoms with Crippen LogP contribution in [0.5, 0.6) is 0 Å². The second-order valence-corrected chi connectivity index (χ2v) is 6.29. The Kier molecular flexibility index (Phi) is 5.02. The number of fused-ring (bicyclic) bond motifs is 4. The van der Waals surface area contributed by atoms with E-state index in [9.17, 15) is 0 Å². The third-order valence-corrected chi connectivity index (χ3v) is 4.12. The Balaban J connectivity index is 0.000000393. The Hall–Kier alpha value is -3.86. The normalized spacial score (nSPS) is 20.7. The highest BCUT2D eigenvalue weighted by molar-refractivity contribution is 6.14. The summed E-state index contributed by atoms with van der Waals surface area (Å²) in [7, 11) is 0. The van der Waals surface area contributed by atoms with Crippen molar-refractivity contribution in [1.29, 1.82) is 0 Å². The first-order valence-electron chi connectivity index (χ1n) is 9.80. The molecule has 0 aromatic rings. The second kappa shape index (κ2) is 8.44. The SMILES string of the molecule is C=COCC.[2H]C1=CC2=NC1=CC1=NC(=CC3=NC(=CC4=NC(=C2)C=C4)C=C3)C=C1. The first kappa shape index (κ1) is 17.3. The van der Waals surface area contributed by atoms with Crippen LogP contribution in [-0.2, 0) is 4.74 Å². The Labute approximate surface area is 171 Å². The van der Waals surface area contributed by atoms with Gasteiger partial charge >= 0.3 is 0 Å². The van der Waals surface area contributed by atoms with E-state index in [1.807, 2.05) is 67.7 Å². The zero-order valence-corrected chi connectivity index (χ0v) is 16.0. The van der Waals surface area contributed by atoms with E-state index in [-0.39, 0.29) is 0 Å². The number of rotatable bonds is 2. The molecule has 0 amide bonds. The van der Waals surface area contributed by atoms with Gasteiger partial charge in [-0.15, -0.1) is 0 Å². The molecule has 5 aliphatic rings. The molecule has 0 saturated carbocycles. The summed E-state index contributed by atoms with van der Waals surface area (Å²) in [6.07, 6.45) is 22.4. The number of hydrogen-bond donors (Lipinski definition) is 0. The van der Waals surface area contributed by atoms with Crippen LogP contribution in [0.15, 0.2) is 128 Å². The maximum atomic E-state index is 8.11. The van der Waals surface area contributed by atoms with Crippen molar-refractivity contribution >= 4 is 22.8 Å². The Morgan fingerprint density at radius 3 is 1.55 bits per heavy atom. The predicted molar refractivity (Wildman–Crippen MR) is 120 cm³/mol. The molecule has 0 N–H and O–H groups in total. The summed E-state index contributed by atoms with van der Waals surface area (Å²) in [4.78, 5) is 18.2. The summed E-state index contributed by atoms with van der Waals surface area (Å²) < 4.78 is 12.7. The van der Waals surface area contributed by atoms with Gasteiger partial charge in [0.2, 0.25) is 0 Å². The molecule has 0 atom stereocenters. The zero-order chi connectivity index (χ0) is 20.9. The molecule has 0 saturated heterocycles. The number of allylic oxidation sites excluding steroid dienone is 12. The van der Waals surface area contributed by atoms with E-state index in [2.05, 4.69) is 31.3 Å². The molecular weight excluding hydrogens is 360 g/mol. The average Bonchev–Trinajstić information content (AvgIpc) is 3.49. The third-order valence-electron chi connectivity index (χ3n) is 4.12. The summed E-state index contributed by atoms with van der Waals surface area (Å²) in [6, 6.07) is 0.379. The third kappa shape index (κ3) is 4.71. The second-order valence-electron chi connectivity index (χ2n) is 6.29. The lowest BCUT2D eigenvalue weighted by Crippen LogP contribution is -1.89. The first-order valence-corrected chi connectivity index (χ1v) is 9.30. The minimum atomic E-state index is 0.379. The molecule has 5 heteroatoms. The maximum Gasteiger partial charge on any atom is 0.0844 e. The van der Waals surface area contributed by atoms with Gasteiger partial charge in [0.25, 0.3) is 0 Å². The van der Waals surface area contributed by atoms with Crippen molar-refractivity contribution in [2.75, 3.05) is 6.61 Å². The predicted octanol–water partition coefficient (Wildman–Crippen LogP) is 4.75. The van der Waals surface area contributed by atoms with Crippen molar-refractivity contribution in [2.45, 2.75) is 6.92 Å². The van der Waals surface area contributed by atoms with Crippen molar-refractivity contribution < 1.29 is 6.11 Å². The van der Waals surface area contributed by atoms with Gasteiger partial charge in [-0.1, -0.05) is 6.58 Å². The Morgan fingerprint density at radius 1 is 0.724 bits per heavy atom. The molecule has 0 unspecified atom stereocenters. The molecular formula is C24H20N4O. The van der Waals surface area contributed by atoms with Gasteiger partial charge in [-0.3, -0.25) is 0 Å². The summed E-state index contributed by atoms with van der Waals surface area (Å²) in [6.45, 7) is 5.97. The van der Waals surface area contributed by atoms with Gasteiger partial charge in [0, 0.05) is 0 Å². The fourth-order valence-electron chi connectivity index (χ4n) is 2.88. The summed E-state index contributed by atoms with van der Waals surface area (Å²) in [5.74, 6) is 0. The highest BCUT2D eigenvalue weighted by Gasteiger charge is 2.11. The van der Waals surface area contributed by atoms with Crippen molar-refractivity contribution in [3.63, 3.8) is 0 Å². The maximum absolute atomic E-state index is 8.11. The van der Waals surface area contributed by atoms with Crippen molar-refractivity contribution in [2.24, 2.45) is 20.0 Å². The molecule has 142 valence electrons. The summed E-state index contributed by atoms with van der Waals surface area (Å²) in [5.41, 5.74) is 6.33. The van der Waals surface area contributed by atoms with Gasteiger partial charge < -0.3 is 4.74 Å². The van der Waals surface area contributed by atoms with Crippen LogP contribution in [0.1, 0.15) is 8.29 Å². The highest BCUT2D eigenvalue weighted by Crippen LogP contribution is 2.20. The molecule has 0 aliphatic carbocycles. The lowest BCUT2D eigenvalue weighted by molar-refractivity contribution is 0.270. The number of ether oxygens (including phenoxy) is 1. The molecule has 0 spiro atoms. The lowest BCUT2D eigenvalue weighted by Gasteiger charge is -1.94. The van der Waals surface area contributed by atoms with Gasteiger partial charge in [0.1, 0.15) is 0 Å². The molecule has 8 bridgehead atoms. The topological polar surface area (TPSA) is 58.7 Å². The fraction of sp³-hybridized carbons (Fsp3) is 0.0833. The summed E-state index contributed by atoms with van der Waals surface area (Å²) >= 11 is 0. The molecule has 0 aromatic carbocycles. The molecule has 5 rings (SSSR count). The minimum absolute atomic E-state index is 0.379. The van der Waals surface area contributed by atoms with E-state index in [0.717, 1.165) is 46.5 Å². The smallest absolute Gasteiger partial charge is 0.0844 e. The zero-order valence-electron chi connectivity index (χ0n) is 17.0. The molecule has 0 aromatic heterocycles. The fourth-order valence-corrected chi connectivity index (χ4v) is 2.88. The van der Waals surface area contributed by atoms with Gasteiger partial charge in [-0.25, -0.2) is 20.0 Å². The Bertz CT molecular complexity index is 1160. The number of hydrogen-bond acceptors (Lipinski definition) is 5. The number of nitrogens with zero attached hydrogens (tertiary/aromatic N) is 4. The van der Waals surface area contributed by atoms with Gasteiger partial charge in [-0.2, -0.15) is 0 Å². The quantitative estimate of drug-likeness (QED) is 0.637. The van der Waals surface area contributed by atoms with Crippen LogP contribution in [0.4, 0.5) is 0 Å². The molecule has 5 aliphatic heterocycles. The van der Waals surface area contributed by atoms with Gasteiger partial charge in [0.05, 0.1) is 59.9 Å². The van der Waals surface area contributed by atoms with Crippen LogP contribution in [-0.4, -0.2) is 29.5 Å². The standard InChI is InChI=1S/C20H12N4.C4H8O/c1-2-14-10-16-5-6-18(23-16)12-20-8-7-19(24-20)11-17-4-3-15(22-17)9-13(1)21-14;1-3-5-4-2/h1-12H;3H,1,4H2,2H3/i1D;. The van der Waals surface area contributed by atoms with Gasteiger partial charge in [-0.05, 0) is 79.8 Å². The van der Waals surface area contributed by atoms with E-state index < -0.39 is 0 Å².